The average molecular weight is 280 g/mol. The van der Waals surface area contributed by atoms with Crippen LogP contribution in [-0.4, -0.2) is 41.4 Å². The number of urea groups is 1. The Hall–Kier alpha value is -2.08. The van der Waals surface area contributed by atoms with Crippen LogP contribution < -0.4 is 10.2 Å². The second-order valence-corrected chi connectivity index (χ2v) is 5.12. The average Bonchev–Trinajstić information content (AvgIpc) is 2.34. The molecule has 1 aromatic rings. The van der Waals surface area contributed by atoms with Gasteiger partial charge in [-0.05, 0) is 26.0 Å². The van der Waals surface area contributed by atoms with E-state index < -0.39 is 24.0 Å². The maximum absolute atomic E-state index is 11.9. The van der Waals surface area contributed by atoms with E-state index in [1.807, 2.05) is 31.2 Å². The number of carboxylic acids is 1. The van der Waals surface area contributed by atoms with Crippen molar-refractivity contribution in [3.05, 3.63) is 29.8 Å². The third-order valence-electron chi connectivity index (χ3n) is 2.88. The second-order valence-electron chi connectivity index (χ2n) is 5.12. The highest BCUT2D eigenvalue weighted by molar-refractivity contribution is 5.91. The molecule has 20 heavy (non-hydrogen) atoms. The summed E-state index contributed by atoms with van der Waals surface area (Å²) in [6, 6.07) is 6.99. The van der Waals surface area contributed by atoms with Crippen LogP contribution in [0.1, 0.15) is 18.9 Å². The lowest BCUT2D eigenvalue weighted by molar-refractivity contribution is -0.141. The van der Waals surface area contributed by atoms with Crippen LogP contribution >= 0.6 is 0 Å². The highest BCUT2D eigenvalue weighted by Gasteiger charge is 2.25. The van der Waals surface area contributed by atoms with Crippen molar-refractivity contribution in [1.82, 2.24) is 5.32 Å². The van der Waals surface area contributed by atoms with Gasteiger partial charge in [0.05, 0.1) is 12.0 Å². The lowest BCUT2D eigenvalue weighted by atomic mass is 10.0. The molecule has 6 heteroatoms. The SMILES string of the molecule is Cc1ccc(N(C)C(=O)NCC(C)(O)CC(=O)O)cc1. The van der Waals surface area contributed by atoms with Gasteiger partial charge in [0.15, 0.2) is 0 Å². The number of carbonyl (C=O) groups is 2. The number of anilines is 1. The largest absolute Gasteiger partial charge is 0.481 e. The number of amides is 2. The quantitative estimate of drug-likeness (QED) is 0.759. The van der Waals surface area contributed by atoms with Crippen molar-refractivity contribution in [2.75, 3.05) is 18.5 Å². The Morgan fingerprint density at radius 3 is 2.35 bits per heavy atom. The van der Waals surface area contributed by atoms with Gasteiger partial charge in [0.25, 0.3) is 0 Å². The van der Waals surface area contributed by atoms with E-state index in [1.54, 1.807) is 7.05 Å². The molecule has 0 aliphatic heterocycles. The summed E-state index contributed by atoms with van der Waals surface area (Å²) >= 11 is 0. The molecule has 0 saturated heterocycles. The van der Waals surface area contributed by atoms with Crippen molar-refractivity contribution in [2.45, 2.75) is 25.9 Å². The first-order valence-electron chi connectivity index (χ1n) is 6.24. The van der Waals surface area contributed by atoms with Gasteiger partial charge in [-0.15, -0.1) is 0 Å². The third-order valence-corrected chi connectivity index (χ3v) is 2.88. The van der Waals surface area contributed by atoms with Crippen molar-refractivity contribution in [3.8, 4) is 0 Å². The molecule has 110 valence electrons. The fourth-order valence-corrected chi connectivity index (χ4v) is 1.66. The number of hydrogen-bond acceptors (Lipinski definition) is 3. The predicted octanol–water partition coefficient (Wildman–Crippen LogP) is 1.37. The summed E-state index contributed by atoms with van der Waals surface area (Å²) in [5.41, 5.74) is 0.327. The summed E-state index contributed by atoms with van der Waals surface area (Å²) in [5.74, 6) is -1.11. The number of hydrogen-bond donors (Lipinski definition) is 3. The van der Waals surface area contributed by atoms with Crippen LogP contribution in [0.25, 0.3) is 0 Å². The minimum atomic E-state index is -1.48. The van der Waals surface area contributed by atoms with Crippen molar-refractivity contribution < 1.29 is 19.8 Å². The van der Waals surface area contributed by atoms with Crippen molar-refractivity contribution in [1.29, 1.82) is 0 Å². The number of aliphatic hydroxyl groups is 1. The molecule has 1 atom stereocenters. The van der Waals surface area contributed by atoms with Gasteiger partial charge in [-0.2, -0.15) is 0 Å². The van der Waals surface area contributed by atoms with Crippen LogP contribution in [0, 0.1) is 6.92 Å². The summed E-state index contributed by atoms with van der Waals surface area (Å²) < 4.78 is 0. The molecule has 2 amide bonds. The Balaban J connectivity index is 2.58. The molecule has 0 bridgehead atoms. The van der Waals surface area contributed by atoms with Gasteiger partial charge in [-0.3, -0.25) is 9.69 Å². The van der Waals surface area contributed by atoms with Gasteiger partial charge < -0.3 is 15.5 Å². The minimum absolute atomic E-state index is 0.131. The van der Waals surface area contributed by atoms with Crippen LogP contribution in [0.3, 0.4) is 0 Å². The highest BCUT2D eigenvalue weighted by atomic mass is 16.4. The monoisotopic (exact) mass is 280 g/mol. The minimum Gasteiger partial charge on any atom is -0.481 e. The molecule has 0 radical (unpaired) electrons. The zero-order valence-electron chi connectivity index (χ0n) is 11.9. The number of rotatable bonds is 5. The van der Waals surface area contributed by atoms with Gasteiger partial charge in [0.1, 0.15) is 0 Å². The zero-order valence-corrected chi connectivity index (χ0v) is 11.9. The molecule has 0 aliphatic rings. The Bertz CT molecular complexity index is 482. The summed E-state index contributed by atoms with van der Waals surface area (Å²) in [7, 11) is 1.60. The fraction of sp³-hybridized carbons (Fsp3) is 0.429. The Kier molecular flexibility index (Phi) is 5.10. The third kappa shape index (κ3) is 4.89. The van der Waals surface area contributed by atoms with E-state index >= 15 is 0 Å². The molecular weight excluding hydrogens is 260 g/mol. The Labute approximate surface area is 118 Å². The molecule has 1 rings (SSSR count). The van der Waals surface area contributed by atoms with E-state index in [1.165, 1.54) is 11.8 Å². The van der Waals surface area contributed by atoms with Crippen LogP contribution in [0.5, 0.6) is 0 Å². The molecule has 0 saturated carbocycles. The number of carbonyl (C=O) groups excluding carboxylic acids is 1. The predicted molar refractivity (Wildman–Crippen MR) is 75.9 cm³/mol. The van der Waals surface area contributed by atoms with Gasteiger partial charge in [-0.25, -0.2) is 4.79 Å². The first kappa shape index (κ1) is 16.0. The van der Waals surface area contributed by atoms with Crippen molar-refractivity contribution in [2.24, 2.45) is 0 Å². The maximum Gasteiger partial charge on any atom is 0.321 e. The van der Waals surface area contributed by atoms with E-state index in [0.717, 1.165) is 5.56 Å². The molecule has 3 N–H and O–H groups in total. The normalized spacial score (nSPS) is 13.4. The fourth-order valence-electron chi connectivity index (χ4n) is 1.66. The molecule has 0 heterocycles. The van der Waals surface area contributed by atoms with E-state index in [2.05, 4.69) is 5.32 Å². The Morgan fingerprint density at radius 1 is 1.30 bits per heavy atom. The number of carboxylic acid groups (broad SMARTS) is 1. The smallest absolute Gasteiger partial charge is 0.321 e. The number of aryl methyl sites for hydroxylation is 1. The van der Waals surface area contributed by atoms with Crippen LogP contribution in [0.15, 0.2) is 24.3 Å². The summed E-state index contributed by atoms with van der Waals surface area (Å²) in [4.78, 5) is 23.9. The van der Waals surface area contributed by atoms with E-state index in [4.69, 9.17) is 5.11 Å². The van der Waals surface area contributed by atoms with Crippen molar-refractivity contribution in [3.63, 3.8) is 0 Å². The number of nitrogens with zero attached hydrogens (tertiary/aromatic N) is 1. The summed E-state index contributed by atoms with van der Waals surface area (Å²) in [6.07, 6.45) is -0.429. The lowest BCUT2D eigenvalue weighted by Gasteiger charge is -2.24. The maximum atomic E-state index is 11.9. The van der Waals surface area contributed by atoms with Crippen LogP contribution in [0.4, 0.5) is 10.5 Å². The Morgan fingerprint density at radius 2 is 1.85 bits per heavy atom. The highest BCUT2D eigenvalue weighted by Crippen LogP contribution is 2.14. The van der Waals surface area contributed by atoms with Gasteiger partial charge >= 0.3 is 12.0 Å². The molecule has 0 fully saturated rings. The summed E-state index contributed by atoms with van der Waals surface area (Å²) in [5, 5.41) is 21.0. The lowest BCUT2D eigenvalue weighted by Crippen LogP contribution is -2.46. The molecule has 0 spiro atoms. The van der Waals surface area contributed by atoms with Gasteiger partial charge in [0, 0.05) is 19.3 Å². The van der Waals surface area contributed by atoms with E-state index in [-0.39, 0.29) is 6.54 Å². The van der Waals surface area contributed by atoms with Crippen LogP contribution in [0.2, 0.25) is 0 Å². The molecule has 0 aromatic heterocycles. The topological polar surface area (TPSA) is 89.9 Å². The van der Waals surface area contributed by atoms with Gasteiger partial charge in [0.2, 0.25) is 0 Å². The van der Waals surface area contributed by atoms with Gasteiger partial charge in [-0.1, -0.05) is 17.7 Å². The first-order valence-corrected chi connectivity index (χ1v) is 6.24. The summed E-state index contributed by atoms with van der Waals surface area (Å²) in [6.45, 7) is 3.19. The molecule has 1 unspecified atom stereocenters. The zero-order chi connectivity index (χ0) is 15.3. The number of benzene rings is 1. The van der Waals surface area contributed by atoms with E-state index in [9.17, 15) is 14.7 Å². The first-order chi connectivity index (χ1) is 9.21. The molecule has 6 nitrogen and oxygen atoms in total. The second kappa shape index (κ2) is 6.38. The number of nitrogens with one attached hydrogen (secondary N) is 1. The molecule has 1 aromatic carbocycles. The standard InChI is InChI=1S/C14H20N2O4/c1-10-4-6-11(7-5-10)16(3)13(19)15-9-14(2,20)8-12(17)18/h4-7,20H,8-9H2,1-3H3,(H,15,19)(H,17,18). The number of aliphatic carboxylic acids is 1. The molecule has 0 aliphatic carbocycles. The van der Waals surface area contributed by atoms with Crippen LogP contribution in [-0.2, 0) is 4.79 Å². The molecular formula is C14H20N2O4. The van der Waals surface area contributed by atoms with E-state index in [0.29, 0.717) is 5.69 Å². The van der Waals surface area contributed by atoms with Crippen molar-refractivity contribution >= 4 is 17.7 Å².